The third kappa shape index (κ3) is 4.99. The molecule has 0 aliphatic carbocycles. The predicted molar refractivity (Wildman–Crippen MR) is 89.4 cm³/mol. The lowest BCUT2D eigenvalue weighted by molar-refractivity contribution is -0.117. The third-order valence-corrected chi connectivity index (χ3v) is 6.51. The van der Waals surface area contributed by atoms with Crippen LogP contribution in [0.25, 0.3) is 0 Å². The van der Waals surface area contributed by atoms with Crippen molar-refractivity contribution in [2.45, 2.75) is 36.8 Å². The van der Waals surface area contributed by atoms with Gasteiger partial charge in [-0.05, 0) is 19.3 Å². The van der Waals surface area contributed by atoms with E-state index in [1.165, 1.54) is 12.5 Å². The monoisotopic (exact) mass is 375 g/mol. The van der Waals surface area contributed by atoms with E-state index in [0.717, 1.165) is 24.7 Å². The van der Waals surface area contributed by atoms with E-state index >= 15 is 0 Å². The molecule has 1 aromatic heterocycles. The van der Waals surface area contributed by atoms with Crippen LogP contribution in [0, 0.1) is 0 Å². The molecule has 0 bridgehead atoms. The molecule has 24 heavy (non-hydrogen) atoms. The van der Waals surface area contributed by atoms with E-state index in [1.54, 1.807) is 10.9 Å². The highest BCUT2D eigenvalue weighted by Crippen LogP contribution is 2.23. The molecule has 2 heterocycles. The molecular formula is C14H21N3O5S2. The molecule has 1 saturated heterocycles. The van der Waals surface area contributed by atoms with Gasteiger partial charge in [-0.1, -0.05) is 6.58 Å². The molecule has 2 rings (SSSR count). The lowest BCUT2D eigenvalue weighted by Crippen LogP contribution is -2.18. The Kier molecular flexibility index (Phi) is 5.94. The minimum atomic E-state index is -3.49. The molecule has 0 radical (unpaired) electrons. The Labute approximate surface area is 142 Å². The molecule has 0 saturated carbocycles. The topological polar surface area (TPSA) is 108 Å². The van der Waals surface area contributed by atoms with Crippen molar-refractivity contribution in [1.29, 1.82) is 0 Å². The summed E-state index contributed by atoms with van der Waals surface area (Å²) in [6.45, 7) is 3.83. The summed E-state index contributed by atoms with van der Waals surface area (Å²) in [7, 11) is -6.47. The first-order valence-electron chi connectivity index (χ1n) is 7.49. The number of sulfone groups is 1. The lowest BCUT2D eigenvalue weighted by atomic mass is 10.2. The number of nitrogens with zero attached hydrogens (tertiary/aromatic N) is 3. The van der Waals surface area contributed by atoms with Crippen molar-refractivity contribution in [1.82, 2.24) is 9.78 Å². The maximum Gasteiger partial charge on any atom is 0.255 e. The van der Waals surface area contributed by atoms with Crippen LogP contribution < -0.4 is 0 Å². The van der Waals surface area contributed by atoms with E-state index < -0.39 is 31.2 Å². The second-order valence-electron chi connectivity index (χ2n) is 5.55. The zero-order chi connectivity index (χ0) is 17.8. The van der Waals surface area contributed by atoms with Crippen LogP contribution in [0.5, 0.6) is 0 Å². The van der Waals surface area contributed by atoms with Gasteiger partial charge >= 0.3 is 0 Å². The first-order chi connectivity index (χ1) is 11.2. The van der Waals surface area contributed by atoms with Gasteiger partial charge in [-0.25, -0.2) is 17.3 Å². The quantitative estimate of drug-likeness (QED) is 0.746. The largest absolute Gasteiger partial charge is 0.357 e. The number of aromatic nitrogens is 2. The van der Waals surface area contributed by atoms with Gasteiger partial charge in [0.25, 0.3) is 5.91 Å². The van der Waals surface area contributed by atoms with Gasteiger partial charge in [-0.2, -0.15) is 9.46 Å². The molecule has 0 spiro atoms. The van der Waals surface area contributed by atoms with Crippen molar-refractivity contribution in [3.8, 4) is 0 Å². The third-order valence-electron chi connectivity index (χ3n) is 3.60. The minimum Gasteiger partial charge on any atom is -0.357 e. The summed E-state index contributed by atoms with van der Waals surface area (Å²) in [6, 6.07) is 0. The van der Waals surface area contributed by atoms with Gasteiger partial charge in [0.1, 0.15) is 6.23 Å². The fourth-order valence-electron chi connectivity index (χ4n) is 2.21. The molecule has 10 heteroatoms. The van der Waals surface area contributed by atoms with Gasteiger partial charge in [0, 0.05) is 30.9 Å². The van der Waals surface area contributed by atoms with E-state index in [-0.39, 0.29) is 12.6 Å². The predicted octanol–water partition coefficient (Wildman–Crippen LogP) is 1.51. The lowest BCUT2D eigenvalue weighted by Gasteiger charge is -2.22. The number of hydrogen-bond donors (Lipinski definition) is 0. The summed E-state index contributed by atoms with van der Waals surface area (Å²) in [5, 5.41) is 4.93. The van der Waals surface area contributed by atoms with Gasteiger partial charge in [-0.3, -0.25) is 4.79 Å². The Morgan fingerprint density at radius 1 is 1.50 bits per heavy atom. The highest BCUT2D eigenvalue weighted by Gasteiger charge is 2.19. The fraction of sp³-hybridized carbons (Fsp3) is 0.571. The smallest absolute Gasteiger partial charge is 0.255 e. The van der Waals surface area contributed by atoms with Crippen molar-refractivity contribution in [2.75, 3.05) is 18.6 Å². The van der Waals surface area contributed by atoms with Crippen LogP contribution in [-0.2, 0) is 29.1 Å². The molecular weight excluding hydrogens is 354 g/mol. The molecule has 1 aromatic rings. The van der Waals surface area contributed by atoms with E-state index in [1.807, 2.05) is 0 Å². The molecule has 134 valence electrons. The molecule has 1 fully saturated rings. The first-order valence-corrected chi connectivity index (χ1v) is 11.1. The van der Waals surface area contributed by atoms with Crippen molar-refractivity contribution in [2.24, 2.45) is 4.36 Å². The Morgan fingerprint density at radius 2 is 2.25 bits per heavy atom. The molecule has 0 N–H and O–H groups in total. The van der Waals surface area contributed by atoms with Crippen LogP contribution in [0.15, 0.2) is 33.6 Å². The molecule has 8 nitrogen and oxygen atoms in total. The highest BCUT2D eigenvalue weighted by atomic mass is 32.2. The minimum absolute atomic E-state index is 0.198. The van der Waals surface area contributed by atoms with Crippen molar-refractivity contribution in [3.63, 3.8) is 0 Å². The SMILES string of the molecule is C=CS(=O)(=O)CCC(=O)N=S(C)(=O)c1cnn(C2CCCCO2)c1. The Bertz CT molecular complexity index is 828. The van der Waals surface area contributed by atoms with Gasteiger partial charge < -0.3 is 4.74 Å². The standard InChI is InChI=1S/C14H21N3O5S2/c1-3-24(20,21)9-7-13(18)16-23(2,19)12-10-15-17(11-12)14-6-4-5-8-22-14/h3,10-11,14H,1,4-9H2,2H3. The van der Waals surface area contributed by atoms with Crippen LogP contribution in [-0.4, -0.2) is 46.9 Å². The molecule has 2 unspecified atom stereocenters. The van der Waals surface area contributed by atoms with Gasteiger partial charge in [0.05, 0.1) is 26.6 Å². The van der Waals surface area contributed by atoms with Crippen molar-refractivity contribution >= 4 is 25.5 Å². The Morgan fingerprint density at radius 3 is 2.88 bits per heavy atom. The van der Waals surface area contributed by atoms with E-state index in [2.05, 4.69) is 16.0 Å². The normalized spacial score (nSPS) is 21.0. The van der Waals surface area contributed by atoms with Gasteiger partial charge in [0.15, 0.2) is 9.84 Å². The van der Waals surface area contributed by atoms with E-state index in [0.29, 0.717) is 11.5 Å². The summed E-state index contributed by atoms with van der Waals surface area (Å²) in [6.07, 6.45) is 6.62. The van der Waals surface area contributed by atoms with Crippen molar-refractivity contribution < 1.29 is 22.2 Å². The molecule has 1 amide bonds. The number of amides is 1. The Hall–Kier alpha value is -1.52. The number of hydrogen-bond acceptors (Lipinski definition) is 6. The summed E-state index contributed by atoms with van der Waals surface area (Å²) < 4.78 is 46.1. The summed E-state index contributed by atoms with van der Waals surface area (Å²) in [5.41, 5.74) is 0. The molecule has 1 aliphatic rings. The first kappa shape index (κ1) is 18.8. The summed E-state index contributed by atoms with van der Waals surface area (Å²) in [5.74, 6) is -1.13. The molecule has 0 aromatic carbocycles. The number of ether oxygens (including phenoxy) is 1. The Balaban J connectivity index is 2.11. The fourth-order valence-corrected chi connectivity index (χ4v) is 3.97. The maximum absolute atomic E-state index is 12.6. The van der Waals surface area contributed by atoms with Crippen LogP contribution >= 0.6 is 0 Å². The summed E-state index contributed by atoms with van der Waals surface area (Å²) >= 11 is 0. The van der Waals surface area contributed by atoms with Crippen LogP contribution in [0.2, 0.25) is 0 Å². The maximum atomic E-state index is 12.6. The van der Waals surface area contributed by atoms with E-state index in [4.69, 9.17) is 4.74 Å². The zero-order valence-electron chi connectivity index (χ0n) is 13.5. The number of carbonyl (C=O) groups is 1. The van der Waals surface area contributed by atoms with E-state index in [9.17, 15) is 17.4 Å². The average molecular weight is 375 g/mol. The zero-order valence-corrected chi connectivity index (χ0v) is 15.1. The second kappa shape index (κ2) is 7.58. The second-order valence-corrected chi connectivity index (χ2v) is 9.87. The number of carbonyl (C=O) groups excluding carboxylic acids is 1. The number of rotatable bonds is 6. The highest BCUT2D eigenvalue weighted by molar-refractivity contribution is 7.94. The average Bonchev–Trinajstić information content (AvgIpc) is 3.05. The summed E-state index contributed by atoms with van der Waals surface area (Å²) in [4.78, 5) is 12.1. The van der Waals surface area contributed by atoms with Crippen LogP contribution in [0.1, 0.15) is 31.9 Å². The van der Waals surface area contributed by atoms with Crippen LogP contribution in [0.3, 0.4) is 0 Å². The van der Waals surface area contributed by atoms with Crippen molar-refractivity contribution in [3.05, 3.63) is 24.4 Å². The van der Waals surface area contributed by atoms with Crippen LogP contribution in [0.4, 0.5) is 0 Å². The van der Waals surface area contributed by atoms with Gasteiger partial charge in [-0.15, -0.1) is 0 Å². The molecule has 2 atom stereocenters. The molecule has 1 aliphatic heterocycles. The van der Waals surface area contributed by atoms with Gasteiger partial charge in [0.2, 0.25) is 0 Å².